The zero-order chi connectivity index (χ0) is 29.0. The number of carbonyl (C=O) groups excluding carboxylic acids is 1. The van der Waals surface area contributed by atoms with Crippen molar-refractivity contribution >= 4 is 11.8 Å². The summed E-state index contributed by atoms with van der Waals surface area (Å²) in [5.41, 5.74) is -0.920. The van der Waals surface area contributed by atoms with Gasteiger partial charge in [0.2, 0.25) is 0 Å². The highest BCUT2D eigenvalue weighted by atomic mass is 16.6. The highest BCUT2D eigenvalue weighted by Crippen LogP contribution is 2.48. The third-order valence-corrected chi connectivity index (χ3v) is 9.37. The molecule has 2 saturated heterocycles. The maximum atomic E-state index is 13.4. The monoisotopic (exact) mass is 548 g/mol. The molecule has 2 fully saturated rings. The molecule has 8 atom stereocenters. The van der Waals surface area contributed by atoms with Crippen LogP contribution >= 0.6 is 0 Å². The molecule has 2 aliphatic rings. The standard InChI is InChI=1S/C31H48O8/c1-6-23(25(34)17-22(32)13-9-11-21-12-10-14-24(33)27(21)29(35)36)28-19(4)18-31(8-3,39-28)26-15-16-30(37,7-2)20(5)38-26/h10,12,14,19-20,22-23,26,28,32-33,37H,6-9,11,13,15-18H2,1-5H3,(H,35,36)/t19-,20-,22+,23+,26?,28?,30+,31-/m1/s1. The highest BCUT2D eigenvalue weighted by Gasteiger charge is 2.54. The Bertz CT molecular complexity index is 995. The fourth-order valence-electron chi connectivity index (χ4n) is 6.81. The summed E-state index contributed by atoms with van der Waals surface area (Å²) < 4.78 is 13.1. The predicted octanol–water partition coefficient (Wildman–Crippen LogP) is 5.04. The van der Waals surface area contributed by atoms with E-state index in [1.54, 1.807) is 12.1 Å². The van der Waals surface area contributed by atoms with E-state index in [1.807, 2.05) is 20.8 Å². The van der Waals surface area contributed by atoms with Crippen LogP contribution in [0, 0.1) is 11.8 Å². The van der Waals surface area contributed by atoms with Crippen LogP contribution in [0.15, 0.2) is 18.2 Å². The van der Waals surface area contributed by atoms with E-state index in [-0.39, 0.29) is 53.7 Å². The van der Waals surface area contributed by atoms with Crippen LogP contribution in [0.2, 0.25) is 0 Å². The summed E-state index contributed by atoms with van der Waals surface area (Å²) in [5.74, 6) is -1.66. The molecule has 0 aliphatic carbocycles. The van der Waals surface area contributed by atoms with Gasteiger partial charge in [-0.25, -0.2) is 4.79 Å². The maximum Gasteiger partial charge on any atom is 0.339 e. The highest BCUT2D eigenvalue weighted by molar-refractivity contribution is 5.92. The van der Waals surface area contributed by atoms with Gasteiger partial charge in [-0.3, -0.25) is 4.79 Å². The Kier molecular flexibility index (Phi) is 10.6. The van der Waals surface area contributed by atoms with Crippen LogP contribution in [0.5, 0.6) is 5.75 Å². The Morgan fingerprint density at radius 3 is 2.46 bits per heavy atom. The molecule has 8 heteroatoms. The second kappa shape index (κ2) is 13.1. The van der Waals surface area contributed by atoms with Crippen LogP contribution in [-0.2, 0) is 20.7 Å². The van der Waals surface area contributed by atoms with Crippen molar-refractivity contribution in [2.24, 2.45) is 11.8 Å². The van der Waals surface area contributed by atoms with E-state index in [0.29, 0.717) is 50.5 Å². The first kappa shape index (κ1) is 31.5. The van der Waals surface area contributed by atoms with E-state index in [9.17, 15) is 30.0 Å². The summed E-state index contributed by atoms with van der Waals surface area (Å²) in [7, 11) is 0. The quantitative estimate of drug-likeness (QED) is 0.269. The Hall–Kier alpha value is -2.00. The second-order valence-corrected chi connectivity index (χ2v) is 11.8. The number of carboxylic acid groups (broad SMARTS) is 1. The number of aliphatic hydroxyl groups is 2. The molecule has 0 spiro atoms. The van der Waals surface area contributed by atoms with E-state index in [1.165, 1.54) is 6.07 Å². The lowest BCUT2D eigenvalue weighted by molar-refractivity contribution is -0.229. The van der Waals surface area contributed by atoms with Gasteiger partial charge in [0.05, 0.1) is 35.6 Å². The first-order valence-electron chi connectivity index (χ1n) is 14.7. The number of ether oxygens (including phenoxy) is 2. The smallest absolute Gasteiger partial charge is 0.339 e. The van der Waals surface area contributed by atoms with E-state index >= 15 is 0 Å². The van der Waals surface area contributed by atoms with Gasteiger partial charge < -0.3 is 29.9 Å². The molecule has 0 bridgehead atoms. The zero-order valence-corrected chi connectivity index (χ0v) is 24.2. The molecule has 1 aromatic rings. The number of carboxylic acids is 1. The Balaban J connectivity index is 1.59. The molecule has 4 N–H and O–H groups in total. The Morgan fingerprint density at radius 1 is 1.15 bits per heavy atom. The molecule has 2 unspecified atom stereocenters. The number of aromatic carboxylic acids is 1. The Labute approximate surface area is 232 Å². The van der Waals surface area contributed by atoms with E-state index in [0.717, 1.165) is 12.8 Å². The third kappa shape index (κ3) is 6.84. The summed E-state index contributed by atoms with van der Waals surface area (Å²) in [6.45, 7) is 10.1. The molecule has 39 heavy (non-hydrogen) atoms. The average Bonchev–Trinajstić information content (AvgIpc) is 3.23. The summed E-state index contributed by atoms with van der Waals surface area (Å²) in [6, 6.07) is 4.60. The Morgan fingerprint density at radius 2 is 1.87 bits per heavy atom. The second-order valence-electron chi connectivity index (χ2n) is 11.8. The number of Topliss-reactive ketones (excluding diaryl/α,β-unsaturated/α-hetero) is 1. The zero-order valence-electron chi connectivity index (χ0n) is 24.2. The topological polar surface area (TPSA) is 134 Å². The van der Waals surface area contributed by atoms with Gasteiger partial charge in [-0.1, -0.05) is 39.8 Å². The first-order chi connectivity index (χ1) is 18.4. The molecular weight excluding hydrogens is 500 g/mol. The van der Waals surface area contributed by atoms with Gasteiger partial charge in [-0.05, 0) is 82.3 Å². The van der Waals surface area contributed by atoms with Crippen molar-refractivity contribution in [3.63, 3.8) is 0 Å². The van der Waals surface area contributed by atoms with Crippen LogP contribution in [0.4, 0.5) is 0 Å². The van der Waals surface area contributed by atoms with Crippen molar-refractivity contribution in [1.29, 1.82) is 0 Å². The summed E-state index contributed by atoms with van der Waals surface area (Å²) >= 11 is 0. The molecular formula is C31H48O8. The molecule has 0 amide bonds. The fourth-order valence-corrected chi connectivity index (χ4v) is 6.81. The number of carbonyl (C=O) groups is 2. The van der Waals surface area contributed by atoms with Gasteiger partial charge in [0, 0.05) is 12.3 Å². The lowest BCUT2D eigenvalue weighted by Crippen LogP contribution is -2.55. The van der Waals surface area contributed by atoms with Gasteiger partial charge in [0.1, 0.15) is 17.1 Å². The summed E-state index contributed by atoms with van der Waals surface area (Å²) in [4.78, 5) is 24.9. The summed E-state index contributed by atoms with van der Waals surface area (Å²) in [5, 5.41) is 40.8. The van der Waals surface area contributed by atoms with Crippen LogP contribution in [0.25, 0.3) is 0 Å². The van der Waals surface area contributed by atoms with Gasteiger partial charge in [-0.2, -0.15) is 0 Å². The van der Waals surface area contributed by atoms with Crippen molar-refractivity contribution in [2.75, 3.05) is 0 Å². The molecule has 220 valence electrons. The van der Waals surface area contributed by atoms with Crippen LogP contribution < -0.4 is 0 Å². The third-order valence-electron chi connectivity index (χ3n) is 9.37. The van der Waals surface area contributed by atoms with Crippen molar-refractivity contribution in [1.82, 2.24) is 0 Å². The molecule has 0 radical (unpaired) electrons. The van der Waals surface area contributed by atoms with Gasteiger partial charge in [0.25, 0.3) is 0 Å². The number of phenols is 1. The largest absolute Gasteiger partial charge is 0.507 e. The number of aromatic hydroxyl groups is 1. The van der Waals surface area contributed by atoms with E-state index in [4.69, 9.17) is 9.47 Å². The van der Waals surface area contributed by atoms with Crippen molar-refractivity contribution < 1.29 is 39.5 Å². The number of aliphatic hydroxyl groups excluding tert-OH is 1. The van der Waals surface area contributed by atoms with Gasteiger partial charge in [-0.15, -0.1) is 0 Å². The minimum absolute atomic E-state index is 0.0179. The number of benzene rings is 1. The predicted molar refractivity (Wildman–Crippen MR) is 148 cm³/mol. The van der Waals surface area contributed by atoms with Crippen molar-refractivity contribution in [2.45, 2.75) is 134 Å². The van der Waals surface area contributed by atoms with Crippen LogP contribution in [0.1, 0.15) is 108 Å². The molecule has 0 saturated carbocycles. The molecule has 1 aromatic carbocycles. The van der Waals surface area contributed by atoms with Crippen molar-refractivity contribution in [3.8, 4) is 5.75 Å². The number of hydrogen-bond donors (Lipinski definition) is 4. The van der Waals surface area contributed by atoms with Crippen LogP contribution in [-0.4, -0.2) is 67.8 Å². The van der Waals surface area contributed by atoms with Gasteiger partial charge >= 0.3 is 5.97 Å². The number of ketones is 1. The average molecular weight is 549 g/mol. The molecule has 8 nitrogen and oxygen atoms in total. The molecule has 2 aliphatic heterocycles. The first-order valence-corrected chi connectivity index (χ1v) is 14.7. The fraction of sp³-hybridized carbons (Fsp3) is 0.742. The number of hydrogen-bond acceptors (Lipinski definition) is 7. The lowest BCUT2D eigenvalue weighted by Gasteiger charge is -2.47. The molecule has 0 aromatic heterocycles. The summed E-state index contributed by atoms with van der Waals surface area (Å²) in [6.07, 6.45) is 3.93. The molecule has 2 heterocycles. The number of aryl methyl sites for hydroxylation is 1. The van der Waals surface area contributed by atoms with Crippen LogP contribution in [0.3, 0.4) is 0 Å². The minimum atomic E-state index is -1.19. The van der Waals surface area contributed by atoms with Gasteiger partial charge in [0.15, 0.2) is 0 Å². The number of rotatable bonds is 13. The van der Waals surface area contributed by atoms with E-state index < -0.39 is 23.3 Å². The van der Waals surface area contributed by atoms with E-state index in [2.05, 4.69) is 13.8 Å². The van der Waals surface area contributed by atoms with Crippen molar-refractivity contribution in [3.05, 3.63) is 29.3 Å². The normalized spacial score (nSPS) is 32.6. The SMILES string of the molecule is CC[C@@H](C(=O)C[C@@H](O)CCCc1cccc(O)c1C(=O)O)C1O[C@@](CC)(C2CC[C@@](O)(CC)[C@@H](C)O2)C[C@H]1C. The lowest BCUT2D eigenvalue weighted by atomic mass is 9.77. The minimum Gasteiger partial charge on any atom is -0.507 e. The maximum absolute atomic E-state index is 13.4. The molecule has 3 rings (SSSR count).